The predicted molar refractivity (Wildman–Crippen MR) is 156 cm³/mol. The smallest absolute Gasteiger partial charge is 0.333 e. The van der Waals surface area contributed by atoms with Crippen molar-refractivity contribution in [3.8, 4) is 0 Å². The Morgan fingerprint density at radius 2 is 1.70 bits per heavy atom. The number of hydrogen-bond donors (Lipinski definition) is 2. The fourth-order valence-electron chi connectivity index (χ4n) is 8.86. The molecule has 2 N–H and O–H groups in total. The maximum absolute atomic E-state index is 13.5. The van der Waals surface area contributed by atoms with E-state index in [0.29, 0.717) is 36.7 Å². The Kier molecular flexibility index (Phi) is 8.67. The number of allylic oxidation sites excluding steroid dienone is 1. The monoisotopic (exact) mass is 593 g/mol. The van der Waals surface area contributed by atoms with Gasteiger partial charge in [0.1, 0.15) is 5.60 Å². The Hall–Kier alpha value is -3.33. The highest BCUT2D eigenvalue weighted by Crippen LogP contribution is 2.67. The number of rotatable bonds is 9. The van der Waals surface area contributed by atoms with Crippen molar-refractivity contribution in [3.63, 3.8) is 0 Å². The van der Waals surface area contributed by atoms with Crippen molar-refractivity contribution >= 4 is 29.4 Å². The summed E-state index contributed by atoms with van der Waals surface area (Å²) in [5.74, 6) is -1.17. The Balaban J connectivity index is 1.16. The molecule has 4 aliphatic carbocycles. The number of hydrogen-bond acceptors (Lipinski definition) is 8. The van der Waals surface area contributed by atoms with Crippen LogP contribution in [-0.4, -0.2) is 53.8 Å². The second kappa shape index (κ2) is 12.0. The maximum Gasteiger partial charge on any atom is 0.333 e. The van der Waals surface area contributed by atoms with E-state index in [4.69, 9.17) is 9.47 Å². The summed E-state index contributed by atoms with van der Waals surface area (Å²) in [4.78, 5) is 62.8. The summed E-state index contributed by atoms with van der Waals surface area (Å²) in [5.41, 5.74) is -0.361. The Labute approximate surface area is 252 Å². The summed E-state index contributed by atoms with van der Waals surface area (Å²) in [7, 11) is 1.23. The van der Waals surface area contributed by atoms with Crippen molar-refractivity contribution in [2.45, 2.75) is 89.7 Å². The lowest BCUT2D eigenvalue weighted by atomic mass is 9.46. The third kappa shape index (κ3) is 5.56. The zero-order valence-corrected chi connectivity index (χ0v) is 25.4. The van der Waals surface area contributed by atoms with Gasteiger partial charge in [-0.25, -0.2) is 4.79 Å². The van der Waals surface area contributed by atoms with Gasteiger partial charge in [0.05, 0.1) is 13.5 Å². The average molecular weight is 594 g/mol. The largest absolute Gasteiger partial charge is 0.467 e. The second-order valence-corrected chi connectivity index (χ2v) is 13.3. The molecule has 1 aromatic rings. The molecule has 1 unspecified atom stereocenters. The summed E-state index contributed by atoms with van der Waals surface area (Å²) >= 11 is 0. The molecular formula is C34H43NO8. The fourth-order valence-corrected chi connectivity index (χ4v) is 8.86. The van der Waals surface area contributed by atoms with Crippen LogP contribution in [0.3, 0.4) is 0 Å². The van der Waals surface area contributed by atoms with Gasteiger partial charge in [0.15, 0.2) is 18.4 Å². The highest BCUT2D eigenvalue weighted by atomic mass is 16.5. The van der Waals surface area contributed by atoms with Crippen molar-refractivity contribution in [2.75, 3.05) is 13.7 Å². The van der Waals surface area contributed by atoms with Crippen molar-refractivity contribution < 1.29 is 38.6 Å². The standard InChI is InChI=1S/C34H43NO8/c1-32-16-13-23(36)19-22(32)9-10-24-25(32)14-17-33(2)26(24)15-18-34(33,41)27(37)20-43-29(39)12-11-28(38)35-30(31(40)42-3)21-7-5-4-6-8-21/h4-8,19,24-26,30,41H,9-18,20H2,1-3H3,(H,35,38)/t24-,25+,26+,30?,32+,33+,34+/m1/s1. The molecule has 43 heavy (non-hydrogen) atoms. The average Bonchev–Trinajstić information content (AvgIpc) is 3.29. The molecule has 0 radical (unpaired) electrons. The van der Waals surface area contributed by atoms with E-state index in [1.54, 1.807) is 30.3 Å². The van der Waals surface area contributed by atoms with Gasteiger partial charge in [-0.3, -0.25) is 19.2 Å². The molecule has 0 aromatic heterocycles. The van der Waals surface area contributed by atoms with E-state index in [2.05, 4.69) is 12.2 Å². The van der Waals surface area contributed by atoms with Crippen LogP contribution in [0, 0.1) is 28.6 Å². The molecule has 232 valence electrons. The quantitative estimate of drug-likeness (QED) is 0.407. The summed E-state index contributed by atoms with van der Waals surface area (Å²) < 4.78 is 10.1. The summed E-state index contributed by atoms with van der Waals surface area (Å²) in [5, 5.41) is 14.4. The molecule has 7 atom stereocenters. The zero-order valence-electron chi connectivity index (χ0n) is 25.4. The lowest BCUT2D eigenvalue weighted by Crippen LogP contribution is -2.58. The van der Waals surface area contributed by atoms with E-state index >= 15 is 0 Å². The van der Waals surface area contributed by atoms with E-state index in [1.807, 2.05) is 13.0 Å². The van der Waals surface area contributed by atoms with E-state index in [0.717, 1.165) is 32.1 Å². The Morgan fingerprint density at radius 3 is 2.42 bits per heavy atom. The maximum atomic E-state index is 13.5. The molecule has 4 aliphatic rings. The minimum atomic E-state index is -1.58. The van der Waals surface area contributed by atoms with E-state index in [9.17, 15) is 29.1 Å². The number of fused-ring (bicyclic) bond motifs is 5. The molecule has 0 heterocycles. The number of aliphatic hydroxyl groups is 1. The van der Waals surface area contributed by atoms with Gasteiger partial charge < -0.3 is 19.9 Å². The van der Waals surface area contributed by atoms with Gasteiger partial charge in [-0.2, -0.15) is 0 Å². The number of benzene rings is 1. The van der Waals surface area contributed by atoms with Crippen LogP contribution in [0.15, 0.2) is 42.0 Å². The number of methoxy groups -OCH3 is 1. The van der Waals surface area contributed by atoms with Crippen LogP contribution in [0.4, 0.5) is 0 Å². The molecule has 3 saturated carbocycles. The third-order valence-corrected chi connectivity index (χ3v) is 11.4. The van der Waals surface area contributed by atoms with Crippen LogP contribution in [0.1, 0.15) is 89.7 Å². The number of ether oxygens (including phenoxy) is 2. The van der Waals surface area contributed by atoms with Crippen molar-refractivity contribution in [3.05, 3.63) is 47.5 Å². The number of ketones is 2. The number of amides is 1. The molecule has 1 aromatic carbocycles. The molecule has 0 spiro atoms. The second-order valence-electron chi connectivity index (χ2n) is 13.3. The first-order chi connectivity index (χ1) is 20.4. The first-order valence-corrected chi connectivity index (χ1v) is 15.5. The Morgan fingerprint density at radius 1 is 0.977 bits per heavy atom. The van der Waals surface area contributed by atoms with Gasteiger partial charge >= 0.3 is 11.9 Å². The van der Waals surface area contributed by atoms with Crippen LogP contribution < -0.4 is 5.32 Å². The van der Waals surface area contributed by atoms with Gasteiger partial charge in [-0.1, -0.05) is 49.8 Å². The number of Topliss-reactive ketones (excluding diaryl/α,β-unsaturated/α-hetero) is 1. The molecule has 5 rings (SSSR count). The minimum Gasteiger partial charge on any atom is -0.467 e. The predicted octanol–water partition coefficient (Wildman–Crippen LogP) is 4.17. The van der Waals surface area contributed by atoms with Crippen LogP contribution >= 0.6 is 0 Å². The van der Waals surface area contributed by atoms with Crippen LogP contribution in [0.5, 0.6) is 0 Å². The molecule has 1 amide bonds. The SMILES string of the molecule is COC(=O)C(NC(=O)CCC(=O)OCC(=O)[C@@]1(O)CC[C@H]2[C@@H]3CCC4=CC(=O)CC[C@]4(C)[C@H]3CC[C@@]21C)c1ccccc1. The van der Waals surface area contributed by atoms with Gasteiger partial charge in [0.25, 0.3) is 0 Å². The van der Waals surface area contributed by atoms with Crippen molar-refractivity contribution in [2.24, 2.45) is 28.6 Å². The van der Waals surface area contributed by atoms with Crippen molar-refractivity contribution in [1.29, 1.82) is 0 Å². The van der Waals surface area contributed by atoms with Crippen LogP contribution in [-0.2, 0) is 33.4 Å². The topological polar surface area (TPSA) is 136 Å². The van der Waals surface area contributed by atoms with Crippen LogP contribution in [0.25, 0.3) is 0 Å². The van der Waals surface area contributed by atoms with E-state index in [-0.39, 0.29) is 30.0 Å². The van der Waals surface area contributed by atoms with Crippen molar-refractivity contribution in [1.82, 2.24) is 5.32 Å². The highest BCUT2D eigenvalue weighted by molar-refractivity contribution is 5.92. The van der Waals surface area contributed by atoms with Gasteiger partial charge in [0, 0.05) is 18.3 Å². The lowest BCUT2D eigenvalue weighted by Gasteiger charge is -2.58. The molecular weight excluding hydrogens is 550 g/mol. The summed E-state index contributed by atoms with van der Waals surface area (Å²) in [6, 6.07) is 7.63. The molecule has 9 heteroatoms. The minimum absolute atomic E-state index is 0.00264. The van der Waals surface area contributed by atoms with E-state index in [1.165, 1.54) is 12.7 Å². The first-order valence-electron chi connectivity index (χ1n) is 15.5. The molecule has 0 saturated heterocycles. The molecule has 0 aliphatic heterocycles. The number of nitrogens with one attached hydrogen (secondary N) is 1. The normalized spacial score (nSPS) is 33.6. The molecule has 0 bridgehead atoms. The Bertz CT molecular complexity index is 1320. The molecule has 9 nitrogen and oxygen atoms in total. The fraction of sp³-hybridized carbons (Fsp3) is 0.618. The number of esters is 2. The van der Waals surface area contributed by atoms with Gasteiger partial charge in [-0.15, -0.1) is 0 Å². The highest BCUT2D eigenvalue weighted by Gasteiger charge is 2.66. The third-order valence-electron chi connectivity index (χ3n) is 11.4. The number of carbonyl (C=O) groups excluding carboxylic acids is 5. The number of carbonyl (C=O) groups is 5. The van der Waals surface area contributed by atoms with E-state index < -0.39 is 47.3 Å². The summed E-state index contributed by atoms with van der Waals surface area (Å²) in [6.07, 6.45) is 7.33. The summed E-state index contributed by atoms with van der Waals surface area (Å²) in [6.45, 7) is 3.77. The van der Waals surface area contributed by atoms with Gasteiger partial charge in [0.2, 0.25) is 11.7 Å². The first kappa shape index (κ1) is 31.1. The lowest BCUT2D eigenvalue weighted by molar-refractivity contribution is -0.170. The molecule has 3 fully saturated rings. The van der Waals surface area contributed by atoms with Crippen LogP contribution in [0.2, 0.25) is 0 Å². The van der Waals surface area contributed by atoms with Gasteiger partial charge in [-0.05, 0) is 79.8 Å². The zero-order chi connectivity index (χ0) is 31.0.